The summed E-state index contributed by atoms with van der Waals surface area (Å²) < 4.78 is 16.3. The number of amides is 1. The highest BCUT2D eigenvalue weighted by Gasteiger charge is 2.25. The molecule has 0 aliphatic carbocycles. The molecule has 2 heterocycles. The molecule has 2 atom stereocenters. The number of nitrogens with zero attached hydrogens (tertiary/aromatic N) is 1. The molecule has 1 amide bonds. The van der Waals surface area contributed by atoms with Crippen molar-refractivity contribution in [3.8, 4) is 11.5 Å². The second kappa shape index (κ2) is 8.93. The summed E-state index contributed by atoms with van der Waals surface area (Å²) in [6.45, 7) is 6.76. The molecule has 0 spiro atoms. The summed E-state index contributed by atoms with van der Waals surface area (Å²) in [5.41, 5.74) is 0.807. The lowest BCUT2D eigenvalue weighted by atomic mass is 9.92. The lowest BCUT2D eigenvalue weighted by Crippen LogP contribution is -2.44. The van der Waals surface area contributed by atoms with Gasteiger partial charge in [0.2, 0.25) is 0 Å². The molecule has 1 saturated heterocycles. The standard InChI is InChI=1S/C21H27NO5/c1-15-10-16(2)13-22(12-15)20(23)14-27-21(24)7-5-17-4-6-18-19(11-17)26-9-3-8-25-18/h4-7,11,15-16H,3,8-10,12-14H2,1-2H3/b7-5+/t15-,16-/m1/s1. The van der Waals surface area contributed by atoms with Crippen molar-refractivity contribution in [2.45, 2.75) is 26.7 Å². The summed E-state index contributed by atoms with van der Waals surface area (Å²) in [5, 5.41) is 0. The summed E-state index contributed by atoms with van der Waals surface area (Å²) in [4.78, 5) is 26.0. The Morgan fingerprint density at radius 2 is 1.85 bits per heavy atom. The number of piperidine rings is 1. The monoisotopic (exact) mass is 373 g/mol. The lowest BCUT2D eigenvalue weighted by Gasteiger charge is -2.34. The Labute approximate surface area is 160 Å². The van der Waals surface area contributed by atoms with Gasteiger partial charge in [0.05, 0.1) is 13.2 Å². The van der Waals surface area contributed by atoms with Crippen LogP contribution < -0.4 is 9.47 Å². The summed E-state index contributed by atoms with van der Waals surface area (Å²) >= 11 is 0. The van der Waals surface area contributed by atoms with Crippen molar-refractivity contribution in [3.63, 3.8) is 0 Å². The fourth-order valence-electron chi connectivity index (χ4n) is 3.59. The molecule has 2 aliphatic heterocycles. The van der Waals surface area contributed by atoms with Crippen LogP contribution in [0, 0.1) is 11.8 Å². The second-order valence-corrected chi connectivity index (χ2v) is 7.44. The van der Waals surface area contributed by atoms with E-state index >= 15 is 0 Å². The Balaban J connectivity index is 1.50. The molecule has 1 fully saturated rings. The summed E-state index contributed by atoms with van der Waals surface area (Å²) in [6.07, 6.45) is 4.94. The molecule has 6 heteroatoms. The molecule has 0 bridgehead atoms. The first-order valence-corrected chi connectivity index (χ1v) is 9.53. The Morgan fingerprint density at radius 1 is 1.15 bits per heavy atom. The van der Waals surface area contributed by atoms with Crippen molar-refractivity contribution in [3.05, 3.63) is 29.8 Å². The number of ether oxygens (including phenoxy) is 3. The quantitative estimate of drug-likeness (QED) is 0.600. The molecule has 146 valence electrons. The minimum atomic E-state index is -0.534. The van der Waals surface area contributed by atoms with Crippen molar-refractivity contribution >= 4 is 18.0 Å². The minimum Gasteiger partial charge on any atom is -0.490 e. The van der Waals surface area contributed by atoms with Crippen molar-refractivity contribution in [2.24, 2.45) is 11.8 Å². The zero-order valence-electron chi connectivity index (χ0n) is 16.0. The molecule has 1 aromatic rings. The van der Waals surface area contributed by atoms with Crippen LogP contribution in [0.5, 0.6) is 11.5 Å². The Kier molecular flexibility index (Phi) is 6.37. The third-order valence-electron chi connectivity index (χ3n) is 4.74. The smallest absolute Gasteiger partial charge is 0.331 e. The number of hydrogen-bond donors (Lipinski definition) is 0. The first-order chi connectivity index (χ1) is 13.0. The SMILES string of the molecule is C[C@@H]1C[C@@H](C)CN(C(=O)COC(=O)/C=C/c2ccc3c(c2)OCCCO3)C1. The Hall–Kier alpha value is -2.50. The van der Waals surface area contributed by atoms with E-state index in [2.05, 4.69) is 13.8 Å². The molecule has 0 aromatic heterocycles. The molecule has 0 saturated carbocycles. The second-order valence-electron chi connectivity index (χ2n) is 7.44. The molecule has 0 N–H and O–H groups in total. The van der Waals surface area contributed by atoms with Gasteiger partial charge in [0.15, 0.2) is 18.1 Å². The van der Waals surface area contributed by atoms with E-state index in [0.29, 0.717) is 36.5 Å². The zero-order valence-corrected chi connectivity index (χ0v) is 16.0. The molecule has 3 rings (SSSR count). The molecule has 6 nitrogen and oxygen atoms in total. The number of carbonyl (C=O) groups is 2. The van der Waals surface area contributed by atoms with E-state index in [1.807, 2.05) is 18.2 Å². The number of carbonyl (C=O) groups excluding carboxylic acids is 2. The number of esters is 1. The van der Waals surface area contributed by atoms with Crippen LogP contribution in [-0.4, -0.2) is 49.7 Å². The number of fused-ring (bicyclic) bond motifs is 1. The van der Waals surface area contributed by atoms with E-state index in [1.54, 1.807) is 11.0 Å². The largest absolute Gasteiger partial charge is 0.490 e. The van der Waals surface area contributed by atoms with E-state index in [-0.39, 0.29) is 12.5 Å². The van der Waals surface area contributed by atoms with Crippen molar-refractivity contribution < 1.29 is 23.8 Å². The van der Waals surface area contributed by atoms with Gasteiger partial charge in [-0.15, -0.1) is 0 Å². The van der Waals surface area contributed by atoms with E-state index in [0.717, 1.165) is 31.5 Å². The van der Waals surface area contributed by atoms with Gasteiger partial charge in [-0.05, 0) is 42.0 Å². The van der Waals surface area contributed by atoms with Crippen LogP contribution in [0.15, 0.2) is 24.3 Å². The van der Waals surface area contributed by atoms with Crippen molar-refractivity contribution in [2.75, 3.05) is 32.9 Å². The maximum absolute atomic E-state index is 12.3. The van der Waals surface area contributed by atoms with Gasteiger partial charge in [0, 0.05) is 25.6 Å². The van der Waals surface area contributed by atoms with Gasteiger partial charge in [0.1, 0.15) is 0 Å². The maximum atomic E-state index is 12.3. The predicted molar refractivity (Wildman–Crippen MR) is 102 cm³/mol. The normalized spacial score (nSPS) is 22.4. The third-order valence-corrected chi connectivity index (χ3v) is 4.74. The average molecular weight is 373 g/mol. The van der Waals surface area contributed by atoms with Gasteiger partial charge in [-0.2, -0.15) is 0 Å². The topological polar surface area (TPSA) is 65.1 Å². The first-order valence-electron chi connectivity index (χ1n) is 9.53. The molecule has 27 heavy (non-hydrogen) atoms. The Morgan fingerprint density at radius 3 is 2.59 bits per heavy atom. The highest BCUT2D eigenvalue weighted by molar-refractivity contribution is 5.89. The summed E-state index contributed by atoms with van der Waals surface area (Å²) in [7, 11) is 0. The number of benzene rings is 1. The van der Waals surface area contributed by atoms with Crippen LogP contribution in [-0.2, 0) is 14.3 Å². The number of likely N-dealkylation sites (tertiary alicyclic amines) is 1. The fourth-order valence-corrected chi connectivity index (χ4v) is 3.59. The highest BCUT2D eigenvalue weighted by Crippen LogP contribution is 2.30. The Bertz CT molecular complexity index is 705. The maximum Gasteiger partial charge on any atom is 0.331 e. The van der Waals surface area contributed by atoms with Crippen LogP contribution in [0.25, 0.3) is 6.08 Å². The lowest BCUT2D eigenvalue weighted by molar-refractivity contribution is -0.149. The third kappa shape index (κ3) is 5.49. The van der Waals surface area contributed by atoms with Gasteiger partial charge in [0.25, 0.3) is 5.91 Å². The van der Waals surface area contributed by atoms with Gasteiger partial charge < -0.3 is 19.1 Å². The number of rotatable bonds is 4. The van der Waals surface area contributed by atoms with Crippen LogP contribution in [0.3, 0.4) is 0 Å². The van der Waals surface area contributed by atoms with Crippen LogP contribution in [0.4, 0.5) is 0 Å². The molecule has 1 aromatic carbocycles. The average Bonchev–Trinajstić information content (AvgIpc) is 2.88. The van der Waals surface area contributed by atoms with E-state index in [9.17, 15) is 9.59 Å². The van der Waals surface area contributed by atoms with Gasteiger partial charge in [-0.1, -0.05) is 19.9 Å². The fraction of sp³-hybridized carbons (Fsp3) is 0.524. The van der Waals surface area contributed by atoms with Crippen molar-refractivity contribution in [1.82, 2.24) is 4.90 Å². The van der Waals surface area contributed by atoms with E-state index in [4.69, 9.17) is 14.2 Å². The first kappa shape index (κ1) is 19.3. The van der Waals surface area contributed by atoms with Crippen molar-refractivity contribution in [1.29, 1.82) is 0 Å². The minimum absolute atomic E-state index is 0.134. The molecule has 2 aliphatic rings. The molecular weight excluding hydrogens is 346 g/mol. The van der Waals surface area contributed by atoms with E-state index < -0.39 is 5.97 Å². The molecular formula is C21H27NO5. The van der Waals surface area contributed by atoms with Crippen LogP contribution in [0.2, 0.25) is 0 Å². The van der Waals surface area contributed by atoms with Gasteiger partial charge in [-0.3, -0.25) is 4.79 Å². The number of hydrogen-bond acceptors (Lipinski definition) is 5. The zero-order chi connectivity index (χ0) is 19.2. The van der Waals surface area contributed by atoms with Crippen LogP contribution in [0.1, 0.15) is 32.3 Å². The predicted octanol–water partition coefficient (Wildman–Crippen LogP) is 2.91. The summed E-state index contributed by atoms with van der Waals surface area (Å²) in [6, 6.07) is 5.50. The summed E-state index contributed by atoms with van der Waals surface area (Å²) in [5.74, 6) is 1.68. The molecule has 0 unspecified atom stereocenters. The van der Waals surface area contributed by atoms with Gasteiger partial charge in [-0.25, -0.2) is 4.79 Å². The molecule has 0 radical (unpaired) electrons. The van der Waals surface area contributed by atoms with E-state index in [1.165, 1.54) is 6.08 Å². The highest BCUT2D eigenvalue weighted by atomic mass is 16.5. The van der Waals surface area contributed by atoms with Gasteiger partial charge >= 0.3 is 5.97 Å². The van der Waals surface area contributed by atoms with Crippen LogP contribution >= 0.6 is 0 Å².